The van der Waals surface area contributed by atoms with E-state index in [1.807, 2.05) is 0 Å². The van der Waals surface area contributed by atoms with Crippen LogP contribution in [-0.2, 0) is 4.74 Å². The van der Waals surface area contributed by atoms with Crippen molar-refractivity contribution in [1.82, 2.24) is 0 Å². The predicted octanol–water partition coefficient (Wildman–Crippen LogP) is 5.47. The molecule has 0 amide bonds. The largest absolute Gasteiger partial charge is 0.460 e. The van der Waals surface area contributed by atoms with Crippen molar-refractivity contribution in [3.8, 4) is 0 Å². The first kappa shape index (κ1) is 29.7. The number of hydrogen-bond donors (Lipinski definition) is 0. The zero-order valence-electron chi connectivity index (χ0n) is 11.7. The van der Waals surface area contributed by atoms with Gasteiger partial charge in [-0.3, -0.25) is 0 Å². The molecule has 0 saturated heterocycles. The Labute approximate surface area is 156 Å². The number of ether oxygens (including phenoxy) is 1. The number of hydrogen-bond acceptors (Lipinski definition) is 1. The smallest absolute Gasteiger partial charge is 0.245 e. The van der Waals surface area contributed by atoms with E-state index in [-0.39, 0.29) is 23.9 Å². The van der Waals surface area contributed by atoms with E-state index in [0.717, 1.165) is 4.74 Å². The van der Waals surface area contributed by atoms with Crippen LogP contribution in [0.5, 0.6) is 0 Å². The summed E-state index contributed by atoms with van der Waals surface area (Å²) in [7, 11) is 0. The van der Waals surface area contributed by atoms with Crippen LogP contribution < -0.4 is 0 Å². The van der Waals surface area contributed by atoms with Gasteiger partial charge in [-0.2, -0.15) is 79.0 Å². The second-order valence-electron chi connectivity index (χ2n) is 4.43. The molecule has 0 atom stereocenters. The quantitative estimate of drug-likeness (QED) is 0.303. The van der Waals surface area contributed by atoms with Gasteiger partial charge in [-0.15, -0.1) is 0 Å². The van der Waals surface area contributed by atoms with Crippen LogP contribution in [0, 0.1) is 0 Å². The minimum atomic E-state index is -8.15. The van der Waals surface area contributed by atoms with Crippen molar-refractivity contribution in [2.24, 2.45) is 0 Å². The molecule has 28 heavy (non-hydrogen) atoms. The van der Waals surface area contributed by atoms with E-state index in [2.05, 4.69) is 0 Å². The molecule has 0 spiro atoms. The summed E-state index contributed by atoms with van der Waals surface area (Å²) in [6, 6.07) is 0. The summed E-state index contributed by atoms with van der Waals surface area (Å²) in [6.45, 7) is 0. The van der Waals surface area contributed by atoms with Crippen LogP contribution in [0.1, 0.15) is 0 Å². The SMILES string of the molecule is FC(F)(F)C(F)(F)C(F)(F)C(F)(F)OC(F)(F)C(F)(F)C(F)(F)C(F)(F)F.[Sn]. The molecule has 0 aromatic heterocycles. The Bertz CT molecular complexity index is 495. The number of rotatable bonds is 6. The topological polar surface area (TPSA) is 9.23 Å². The van der Waals surface area contributed by atoms with Crippen LogP contribution in [-0.4, -0.2) is 72.2 Å². The zero-order chi connectivity index (χ0) is 22.7. The fraction of sp³-hybridized carbons (Fsp3) is 1.00. The third-order valence-corrected chi connectivity index (χ3v) is 2.49. The Balaban J connectivity index is 0. The Morgan fingerprint density at radius 1 is 0.321 bits per heavy atom. The summed E-state index contributed by atoms with van der Waals surface area (Å²) in [5.74, 6) is -32.2. The molecule has 0 bridgehead atoms. The van der Waals surface area contributed by atoms with E-state index in [1.54, 1.807) is 0 Å². The molecule has 20 heteroatoms. The van der Waals surface area contributed by atoms with E-state index in [0.29, 0.717) is 0 Å². The van der Waals surface area contributed by atoms with Gasteiger partial charge in [0.1, 0.15) is 0 Å². The number of alkyl halides is 18. The van der Waals surface area contributed by atoms with Crippen molar-refractivity contribution >= 4 is 23.9 Å². The summed E-state index contributed by atoms with van der Waals surface area (Å²) in [5, 5.41) is 0. The average molecular weight is 573 g/mol. The Hall–Kier alpha value is -0.501. The molecular weight excluding hydrogens is 573 g/mol. The zero-order valence-corrected chi connectivity index (χ0v) is 14.6. The summed E-state index contributed by atoms with van der Waals surface area (Å²) < 4.78 is 221. The molecule has 0 unspecified atom stereocenters. The van der Waals surface area contributed by atoms with Crippen LogP contribution in [0.25, 0.3) is 0 Å². The average Bonchev–Trinajstić information content (AvgIpc) is 2.33. The van der Waals surface area contributed by atoms with E-state index >= 15 is 0 Å². The molecular formula is C8F18OSn. The van der Waals surface area contributed by atoms with Gasteiger partial charge in [0.15, 0.2) is 0 Å². The molecule has 0 aliphatic heterocycles. The van der Waals surface area contributed by atoms with Crippen LogP contribution in [0.3, 0.4) is 0 Å². The summed E-state index contributed by atoms with van der Waals surface area (Å²) in [4.78, 5) is 0. The Morgan fingerprint density at radius 2 is 0.500 bits per heavy atom. The molecule has 0 rings (SSSR count). The second kappa shape index (κ2) is 7.32. The van der Waals surface area contributed by atoms with Gasteiger partial charge < -0.3 is 0 Å². The van der Waals surface area contributed by atoms with Gasteiger partial charge in [0.25, 0.3) is 0 Å². The summed E-state index contributed by atoms with van der Waals surface area (Å²) in [6.07, 6.45) is -31.3. The molecule has 0 saturated carbocycles. The third kappa shape index (κ3) is 4.32. The van der Waals surface area contributed by atoms with Crippen molar-refractivity contribution in [2.75, 3.05) is 0 Å². The van der Waals surface area contributed by atoms with Crippen molar-refractivity contribution in [3.63, 3.8) is 0 Å². The van der Waals surface area contributed by atoms with Gasteiger partial charge in [-0.25, -0.2) is 4.74 Å². The third-order valence-electron chi connectivity index (χ3n) is 2.49. The van der Waals surface area contributed by atoms with E-state index in [4.69, 9.17) is 0 Å². The molecule has 0 aromatic rings. The molecule has 0 N–H and O–H groups in total. The van der Waals surface area contributed by atoms with E-state index in [9.17, 15) is 79.0 Å². The first-order valence-electron chi connectivity index (χ1n) is 5.31. The van der Waals surface area contributed by atoms with Gasteiger partial charge >= 0.3 is 48.3 Å². The van der Waals surface area contributed by atoms with Crippen LogP contribution in [0.4, 0.5) is 79.0 Å². The molecule has 0 aliphatic carbocycles. The molecule has 1 nitrogen and oxygen atoms in total. The predicted molar refractivity (Wildman–Crippen MR) is 48.6 cm³/mol. The molecule has 168 valence electrons. The van der Waals surface area contributed by atoms with E-state index in [1.165, 1.54) is 0 Å². The first-order chi connectivity index (χ1) is 11.2. The molecule has 0 aromatic carbocycles. The maximum Gasteiger partial charge on any atom is 0.460 e. The summed E-state index contributed by atoms with van der Waals surface area (Å²) in [5.41, 5.74) is 0. The minimum absolute atomic E-state index is 0. The minimum Gasteiger partial charge on any atom is -0.245 e. The Morgan fingerprint density at radius 3 is 0.643 bits per heavy atom. The molecule has 4 radical (unpaired) electrons. The van der Waals surface area contributed by atoms with Crippen LogP contribution >= 0.6 is 0 Å². The summed E-state index contributed by atoms with van der Waals surface area (Å²) >= 11 is 0. The maximum atomic E-state index is 12.6. The van der Waals surface area contributed by atoms with Gasteiger partial charge in [0.05, 0.1) is 0 Å². The standard InChI is InChI=1S/C8F18O.Sn/c9-1(10,5(17,18)19)3(13,14)7(23,24)27-8(25,26)4(15,16)2(11,12)6(20,21)22;. The fourth-order valence-electron chi connectivity index (χ4n) is 1.01. The van der Waals surface area contributed by atoms with Crippen molar-refractivity contribution in [2.45, 2.75) is 48.3 Å². The van der Waals surface area contributed by atoms with Crippen LogP contribution in [0.15, 0.2) is 0 Å². The molecule has 0 fully saturated rings. The number of halogens is 18. The normalized spacial score (nSPS) is 16.1. The molecule has 0 aliphatic rings. The van der Waals surface area contributed by atoms with E-state index < -0.39 is 48.3 Å². The maximum absolute atomic E-state index is 12.6. The second-order valence-corrected chi connectivity index (χ2v) is 4.43. The van der Waals surface area contributed by atoms with Crippen molar-refractivity contribution in [1.29, 1.82) is 0 Å². The van der Waals surface area contributed by atoms with Crippen LogP contribution in [0.2, 0.25) is 0 Å². The van der Waals surface area contributed by atoms with Crippen molar-refractivity contribution < 1.29 is 83.8 Å². The van der Waals surface area contributed by atoms with Gasteiger partial charge in [0, 0.05) is 23.9 Å². The monoisotopic (exact) mass is 574 g/mol. The Kier molecular flexibility index (Phi) is 7.77. The molecule has 0 heterocycles. The van der Waals surface area contributed by atoms with Gasteiger partial charge in [-0.1, -0.05) is 0 Å². The first-order valence-corrected chi connectivity index (χ1v) is 5.31. The van der Waals surface area contributed by atoms with Gasteiger partial charge in [-0.05, 0) is 0 Å². The van der Waals surface area contributed by atoms with Crippen molar-refractivity contribution in [3.05, 3.63) is 0 Å². The van der Waals surface area contributed by atoms with Gasteiger partial charge in [0.2, 0.25) is 0 Å². The fourth-order valence-corrected chi connectivity index (χ4v) is 1.01.